The van der Waals surface area contributed by atoms with Gasteiger partial charge in [-0.05, 0) is 76.1 Å². The van der Waals surface area contributed by atoms with Gasteiger partial charge in [0.05, 0.1) is 31.2 Å². The van der Waals surface area contributed by atoms with Crippen molar-refractivity contribution in [3.8, 4) is 5.75 Å². The maximum Gasteiger partial charge on any atom is 0.409 e. The van der Waals surface area contributed by atoms with E-state index in [-0.39, 0.29) is 35.7 Å². The number of halogens is 1. The number of nitrogens with two attached hydrogens (primary N) is 1. The molecule has 2 amide bonds. The standard InChI is InChI=1S/C36H50ClN3O9/c1-20-8-7-9-28(46-6)36(44)18-27(47-34(43)39-36)21(2)32-35(3,49-32)29(48-33(42)24-12-10-22(19-38)11-13-24)17-30(41)40(4)25-15-23(14-20)16-26(45-5)31(25)37/h7-9,15-16,21-22,24,27-29,32,44H,10-14,17-19,38H2,1-6H3,(H,39,43)/b9-7+,20-8+/t21-,22?,24?,27+,28?,29+,32+,35-,36+/m1/s1. The quantitative estimate of drug-likeness (QED) is 0.295. The van der Waals surface area contributed by atoms with Gasteiger partial charge < -0.3 is 39.4 Å². The van der Waals surface area contributed by atoms with E-state index in [0.717, 1.165) is 24.0 Å². The molecule has 3 heterocycles. The molecule has 5 rings (SSSR count). The van der Waals surface area contributed by atoms with Crippen molar-refractivity contribution < 1.29 is 43.2 Å². The summed E-state index contributed by atoms with van der Waals surface area (Å²) in [7, 11) is 4.60. The van der Waals surface area contributed by atoms with Crippen LogP contribution in [0.4, 0.5) is 10.5 Å². The van der Waals surface area contributed by atoms with E-state index in [1.807, 2.05) is 32.1 Å². The molecule has 4 N–H and O–H groups in total. The molecule has 3 aliphatic heterocycles. The van der Waals surface area contributed by atoms with E-state index in [2.05, 4.69) is 5.32 Å². The van der Waals surface area contributed by atoms with Crippen molar-refractivity contribution in [2.24, 2.45) is 23.5 Å². The lowest BCUT2D eigenvalue weighted by Crippen LogP contribution is -2.63. The van der Waals surface area contributed by atoms with Crippen LogP contribution in [0.15, 0.2) is 35.9 Å². The summed E-state index contributed by atoms with van der Waals surface area (Å²) in [6, 6.07) is 3.66. The third-order valence-electron chi connectivity index (χ3n) is 10.7. The van der Waals surface area contributed by atoms with E-state index in [9.17, 15) is 19.5 Å². The van der Waals surface area contributed by atoms with Gasteiger partial charge in [0.2, 0.25) is 5.91 Å². The maximum atomic E-state index is 14.1. The highest BCUT2D eigenvalue weighted by Crippen LogP contribution is 2.49. The van der Waals surface area contributed by atoms with Gasteiger partial charge in [-0.1, -0.05) is 42.3 Å². The number of hydrogen-bond donors (Lipinski definition) is 3. The number of nitrogens with zero attached hydrogens (tertiary/aromatic N) is 1. The van der Waals surface area contributed by atoms with E-state index >= 15 is 0 Å². The first-order valence-corrected chi connectivity index (χ1v) is 17.4. The van der Waals surface area contributed by atoms with Crippen molar-refractivity contribution in [3.63, 3.8) is 0 Å². The minimum absolute atomic E-state index is 0.00201. The first-order chi connectivity index (χ1) is 23.2. The summed E-state index contributed by atoms with van der Waals surface area (Å²) in [5.41, 5.74) is 5.27. The number of epoxide rings is 1. The molecule has 12 nitrogen and oxygen atoms in total. The second-order valence-corrected chi connectivity index (χ2v) is 14.6. The molecule has 7 atom stereocenters. The normalized spacial score (nSPS) is 37.1. The van der Waals surface area contributed by atoms with Crippen molar-refractivity contribution in [2.75, 3.05) is 32.7 Å². The zero-order valence-corrected chi connectivity index (χ0v) is 30.0. The Hall–Kier alpha value is -3.16. The topological polar surface area (TPSA) is 162 Å². The average molecular weight is 704 g/mol. The van der Waals surface area contributed by atoms with Gasteiger partial charge in [-0.3, -0.25) is 14.9 Å². The largest absolute Gasteiger partial charge is 0.495 e. The van der Waals surface area contributed by atoms with Crippen LogP contribution in [0.5, 0.6) is 5.75 Å². The number of amides is 2. The monoisotopic (exact) mass is 703 g/mol. The highest BCUT2D eigenvalue weighted by atomic mass is 35.5. The smallest absolute Gasteiger partial charge is 0.409 e. The van der Waals surface area contributed by atoms with Gasteiger partial charge in [0.15, 0.2) is 5.72 Å². The lowest BCUT2D eigenvalue weighted by molar-refractivity contribution is -0.160. The number of carbonyl (C=O) groups excluding carboxylic acids is 3. The summed E-state index contributed by atoms with van der Waals surface area (Å²) in [6.07, 6.45) is 4.65. The molecule has 1 aromatic rings. The van der Waals surface area contributed by atoms with Crippen LogP contribution in [0.25, 0.3) is 0 Å². The minimum Gasteiger partial charge on any atom is -0.495 e. The van der Waals surface area contributed by atoms with E-state index in [4.69, 9.17) is 41.0 Å². The third-order valence-corrected chi connectivity index (χ3v) is 11.1. The molecule has 1 aliphatic carbocycles. The van der Waals surface area contributed by atoms with Crippen molar-refractivity contribution in [1.29, 1.82) is 0 Å². The number of carbonyl (C=O) groups is 3. The molecule has 4 aliphatic rings. The summed E-state index contributed by atoms with van der Waals surface area (Å²) in [5.74, 6) is -0.679. The van der Waals surface area contributed by atoms with Gasteiger partial charge in [-0.2, -0.15) is 0 Å². The Morgan fingerprint density at radius 2 is 1.92 bits per heavy atom. The summed E-state index contributed by atoms with van der Waals surface area (Å²) in [6.45, 7) is 6.18. The fraction of sp³-hybridized carbons (Fsp3) is 0.639. The predicted octanol–water partition coefficient (Wildman–Crippen LogP) is 4.43. The van der Waals surface area contributed by atoms with Crippen molar-refractivity contribution in [1.82, 2.24) is 5.32 Å². The zero-order chi connectivity index (χ0) is 35.7. The fourth-order valence-electron chi connectivity index (χ4n) is 7.48. The molecule has 0 radical (unpaired) electrons. The number of alkyl carbamates (subject to hydrolysis) is 1. The highest BCUT2D eigenvalue weighted by Gasteiger charge is 2.64. The number of allylic oxidation sites excluding steroid dienone is 3. The summed E-state index contributed by atoms with van der Waals surface area (Å²) >= 11 is 6.76. The molecule has 49 heavy (non-hydrogen) atoms. The Balaban J connectivity index is 1.52. The number of nitrogens with one attached hydrogen (secondary N) is 1. The molecule has 1 unspecified atom stereocenters. The van der Waals surface area contributed by atoms with E-state index in [1.54, 1.807) is 26.1 Å². The maximum absolute atomic E-state index is 14.1. The first-order valence-electron chi connectivity index (χ1n) is 17.0. The summed E-state index contributed by atoms with van der Waals surface area (Å²) in [5, 5.41) is 14.5. The Kier molecular flexibility index (Phi) is 11.3. The molecule has 13 heteroatoms. The molecule has 270 valence electrons. The average Bonchev–Trinajstić information content (AvgIpc) is 3.77. The second kappa shape index (κ2) is 15.0. The van der Waals surface area contributed by atoms with Gasteiger partial charge in [0, 0.05) is 26.5 Å². The van der Waals surface area contributed by atoms with Crippen LogP contribution in [0.1, 0.15) is 64.9 Å². The van der Waals surface area contributed by atoms with Crippen LogP contribution >= 0.6 is 11.6 Å². The number of rotatable bonds is 5. The van der Waals surface area contributed by atoms with Gasteiger partial charge in [-0.25, -0.2) is 4.79 Å². The van der Waals surface area contributed by atoms with Crippen molar-refractivity contribution in [3.05, 3.63) is 46.5 Å². The number of benzene rings is 1. The Morgan fingerprint density at radius 1 is 1.20 bits per heavy atom. The van der Waals surface area contributed by atoms with Crippen LogP contribution in [0.2, 0.25) is 5.02 Å². The second-order valence-electron chi connectivity index (χ2n) is 14.2. The van der Waals surface area contributed by atoms with Gasteiger partial charge in [0.1, 0.15) is 34.7 Å². The molecule has 4 bridgehead atoms. The van der Waals surface area contributed by atoms with E-state index < -0.39 is 47.8 Å². The van der Waals surface area contributed by atoms with Gasteiger partial charge >= 0.3 is 12.1 Å². The molecule has 0 spiro atoms. The number of anilines is 1. The van der Waals surface area contributed by atoms with Crippen LogP contribution < -0.4 is 20.7 Å². The van der Waals surface area contributed by atoms with E-state index in [1.165, 1.54) is 19.1 Å². The molecular weight excluding hydrogens is 654 g/mol. The summed E-state index contributed by atoms with van der Waals surface area (Å²) < 4.78 is 29.4. The third kappa shape index (κ3) is 7.93. The molecular formula is C36H50ClN3O9. The Bertz CT molecular complexity index is 1480. The number of ether oxygens (including phenoxy) is 5. The number of methoxy groups -OCH3 is 2. The zero-order valence-electron chi connectivity index (χ0n) is 29.2. The molecule has 1 saturated carbocycles. The number of fused-ring (bicyclic) bond motifs is 5. The molecule has 3 fully saturated rings. The minimum atomic E-state index is -1.78. The summed E-state index contributed by atoms with van der Waals surface area (Å²) in [4.78, 5) is 42.0. The number of aliphatic hydroxyl groups is 1. The van der Waals surface area contributed by atoms with Crippen LogP contribution in [-0.2, 0) is 35.0 Å². The number of hydrogen-bond acceptors (Lipinski definition) is 10. The SMILES string of the molecule is COc1cc2cc(c1Cl)N(C)C(=O)C[C@H](OC(=O)C1CCC(CN)CC1)[C@@]1(C)O[C@H]1[C@H](C)[C@@H]1C[C@@](O)(NC(=O)O1)C(OC)/C=C/C=C(\C)C2. The van der Waals surface area contributed by atoms with Crippen LogP contribution in [0.3, 0.4) is 0 Å². The fourth-order valence-corrected chi connectivity index (χ4v) is 7.79. The van der Waals surface area contributed by atoms with Crippen molar-refractivity contribution in [2.45, 2.75) is 101 Å². The van der Waals surface area contributed by atoms with E-state index in [0.29, 0.717) is 43.2 Å². The van der Waals surface area contributed by atoms with Crippen LogP contribution in [0, 0.1) is 17.8 Å². The lowest BCUT2D eigenvalue weighted by Gasteiger charge is -2.42. The van der Waals surface area contributed by atoms with Crippen LogP contribution in [-0.4, -0.2) is 86.6 Å². The Morgan fingerprint density at radius 3 is 2.57 bits per heavy atom. The lowest BCUT2D eigenvalue weighted by atomic mass is 9.81. The number of esters is 1. The molecule has 0 aromatic heterocycles. The predicted molar refractivity (Wildman–Crippen MR) is 183 cm³/mol. The molecule has 1 aromatic carbocycles. The van der Waals surface area contributed by atoms with Gasteiger partial charge in [0.25, 0.3) is 0 Å². The molecule has 2 saturated heterocycles. The Labute approximate surface area is 293 Å². The highest BCUT2D eigenvalue weighted by molar-refractivity contribution is 6.35. The van der Waals surface area contributed by atoms with Gasteiger partial charge in [-0.15, -0.1) is 0 Å². The van der Waals surface area contributed by atoms with Crippen molar-refractivity contribution >= 4 is 35.3 Å². The first kappa shape index (κ1) is 37.1.